The van der Waals surface area contributed by atoms with Gasteiger partial charge in [0, 0.05) is 0 Å². The molecule has 0 aromatic heterocycles. The summed E-state index contributed by atoms with van der Waals surface area (Å²) in [4.78, 5) is 1.58. The summed E-state index contributed by atoms with van der Waals surface area (Å²) in [6.45, 7) is 0. The first kappa shape index (κ1) is 5.93. The molecule has 0 aromatic rings. The molecule has 0 heterocycles. The Morgan fingerprint density at radius 3 is 1.83 bits per heavy atom. The first-order chi connectivity index (χ1) is 2.56. The van der Waals surface area contributed by atoms with Gasteiger partial charge in [0.1, 0.15) is 0 Å². The first-order valence-corrected chi connectivity index (χ1v) is 3.13. The van der Waals surface area contributed by atoms with Crippen LogP contribution in [-0.4, -0.2) is 15.5 Å². The molecule has 36 valence electrons. The van der Waals surface area contributed by atoms with Crippen molar-refractivity contribution in [1.29, 1.82) is 0 Å². The molecule has 6 heteroatoms. The molecule has 0 aromatic carbocycles. The molecular formula is H5BN2O2S. The van der Waals surface area contributed by atoms with Crippen LogP contribution in [0.1, 0.15) is 0 Å². The van der Waals surface area contributed by atoms with Crippen LogP contribution in [0, 0.1) is 0 Å². The van der Waals surface area contributed by atoms with Gasteiger partial charge < -0.3 is 0 Å². The Hall–Kier alpha value is -0.0651. The van der Waals surface area contributed by atoms with Crippen molar-refractivity contribution in [2.45, 2.75) is 0 Å². The molecule has 0 rings (SSSR count). The van der Waals surface area contributed by atoms with Crippen LogP contribution < -0.4 is 10.7 Å². The summed E-state index contributed by atoms with van der Waals surface area (Å²) < 4.78 is 19.5. The fraction of sp³-hybridized carbons (Fsp3) is 0. The molecule has 0 atom stereocenters. The molecule has 0 amide bonds. The monoisotopic (exact) mass is 108 g/mol. The van der Waals surface area contributed by atoms with Crippen molar-refractivity contribution >= 4 is 17.0 Å². The molecule has 4 nitrogen and oxygen atoms in total. The fourth-order valence-electron chi connectivity index (χ4n) is 0. The van der Waals surface area contributed by atoms with Crippen LogP contribution in [-0.2, 0) is 9.87 Å². The van der Waals surface area contributed by atoms with E-state index in [0.717, 1.165) is 7.12 Å². The summed E-state index contributed by atoms with van der Waals surface area (Å²) in [5.41, 5.74) is 0. The third-order valence-electron chi connectivity index (χ3n) is 0.214. The van der Waals surface area contributed by atoms with Gasteiger partial charge in [0.05, 0.1) is 0 Å². The van der Waals surface area contributed by atoms with Gasteiger partial charge in [-0.1, -0.05) is 0 Å². The van der Waals surface area contributed by atoms with Crippen LogP contribution in [0.4, 0.5) is 0 Å². The molecule has 0 bridgehead atoms. The predicted octanol–water partition coefficient (Wildman–Crippen LogP) is -2.67. The third-order valence-corrected chi connectivity index (χ3v) is 0.642. The van der Waals surface area contributed by atoms with Gasteiger partial charge in [0.2, 0.25) is 0 Å². The zero-order chi connectivity index (χ0) is 5.21. The molecule has 0 spiro atoms. The first-order valence-electron chi connectivity index (χ1n) is 1.23. The molecular weight excluding hydrogens is 103 g/mol. The Labute approximate surface area is 37.0 Å². The van der Waals surface area contributed by atoms with Crippen molar-refractivity contribution in [3.05, 3.63) is 0 Å². The SMILES string of the molecule is BS(=O)(=O)NN. The average Bonchev–Trinajstić information content (AvgIpc) is 1.35. The molecule has 6 heavy (non-hydrogen) atoms. The second-order valence-corrected chi connectivity index (χ2v) is 2.67. The van der Waals surface area contributed by atoms with Gasteiger partial charge >= 0.3 is 0 Å². The topological polar surface area (TPSA) is 72.2 Å². The Morgan fingerprint density at radius 1 is 1.67 bits per heavy atom. The highest BCUT2D eigenvalue weighted by atomic mass is 32.2. The van der Waals surface area contributed by atoms with Gasteiger partial charge in [-0.2, -0.15) is 4.83 Å². The maximum atomic E-state index is 9.76. The van der Waals surface area contributed by atoms with Gasteiger partial charge in [-0.3, -0.25) is 5.84 Å². The highest BCUT2D eigenvalue weighted by Crippen LogP contribution is 1.57. The number of hydrogen-bond donors (Lipinski definition) is 2. The van der Waals surface area contributed by atoms with Crippen LogP contribution in [0.25, 0.3) is 0 Å². The van der Waals surface area contributed by atoms with E-state index in [0.29, 0.717) is 0 Å². The second kappa shape index (κ2) is 1.59. The Morgan fingerprint density at radius 2 is 1.83 bits per heavy atom. The van der Waals surface area contributed by atoms with Crippen molar-refractivity contribution in [2.24, 2.45) is 5.84 Å². The molecule has 0 saturated carbocycles. The average molecular weight is 108 g/mol. The van der Waals surface area contributed by atoms with Gasteiger partial charge in [-0.05, 0) is 0 Å². The lowest BCUT2D eigenvalue weighted by molar-refractivity contribution is 0.598. The molecule has 0 aliphatic carbocycles. The predicted molar refractivity (Wildman–Crippen MR) is 24.8 cm³/mol. The van der Waals surface area contributed by atoms with Gasteiger partial charge in [0.15, 0.2) is 9.87 Å². The van der Waals surface area contributed by atoms with E-state index in [2.05, 4.69) is 5.84 Å². The van der Waals surface area contributed by atoms with Gasteiger partial charge in [-0.25, -0.2) is 8.42 Å². The normalized spacial score (nSPS) is 11.5. The number of hydrazine groups is 1. The van der Waals surface area contributed by atoms with Crippen molar-refractivity contribution in [3.63, 3.8) is 0 Å². The molecule has 0 saturated heterocycles. The zero-order valence-corrected chi connectivity index (χ0v) is 4.12. The summed E-state index contributed by atoms with van der Waals surface area (Å²) in [6.07, 6.45) is 0. The molecule has 0 radical (unpaired) electrons. The van der Waals surface area contributed by atoms with Crippen molar-refractivity contribution in [3.8, 4) is 0 Å². The van der Waals surface area contributed by atoms with Crippen molar-refractivity contribution in [1.82, 2.24) is 4.83 Å². The van der Waals surface area contributed by atoms with E-state index in [1.165, 1.54) is 0 Å². The second-order valence-electron chi connectivity index (χ2n) is 0.890. The van der Waals surface area contributed by atoms with E-state index in [1.54, 1.807) is 4.83 Å². The number of hydrogen-bond acceptors (Lipinski definition) is 3. The third kappa shape index (κ3) is 3.93. The maximum absolute atomic E-state index is 9.76. The Kier molecular flexibility index (Phi) is 1.57. The van der Waals surface area contributed by atoms with Crippen molar-refractivity contribution in [2.75, 3.05) is 0 Å². The van der Waals surface area contributed by atoms with E-state index in [4.69, 9.17) is 0 Å². The summed E-state index contributed by atoms with van der Waals surface area (Å²) in [6, 6.07) is 0. The molecule has 0 aliphatic rings. The number of nitrogens with one attached hydrogen (secondary N) is 1. The molecule has 3 N–H and O–H groups in total. The van der Waals surface area contributed by atoms with E-state index in [-0.39, 0.29) is 0 Å². The van der Waals surface area contributed by atoms with Gasteiger partial charge in [-0.15, -0.1) is 0 Å². The van der Waals surface area contributed by atoms with Crippen LogP contribution in [0.2, 0.25) is 0 Å². The van der Waals surface area contributed by atoms with Crippen LogP contribution in [0.15, 0.2) is 0 Å². The number of rotatable bonds is 1. The Balaban J connectivity index is 3.85. The fourth-order valence-corrected chi connectivity index (χ4v) is 0. The van der Waals surface area contributed by atoms with Crippen LogP contribution >= 0.6 is 0 Å². The molecule has 0 unspecified atom stereocenters. The lowest BCUT2D eigenvalue weighted by Crippen LogP contribution is -2.29. The van der Waals surface area contributed by atoms with E-state index in [1.807, 2.05) is 0 Å². The highest BCUT2D eigenvalue weighted by Gasteiger charge is 1.89. The van der Waals surface area contributed by atoms with Crippen LogP contribution in [0.3, 0.4) is 0 Å². The quantitative estimate of drug-likeness (QED) is 0.218. The standard InChI is InChI=1S/BH5N2O2S/c1-6(4,5)3-2/h3H,1-2H2. The molecule has 0 aliphatic heterocycles. The van der Waals surface area contributed by atoms with E-state index < -0.39 is 9.87 Å². The van der Waals surface area contributed by atoms with E-state index >= 15 is 0 Å². The smallest absolute Gasteiger partial charge is 0.259 e. The summed E-state index contributed by atoms with van der Waals surface area (Å²) in [5.74, 6) is 4.47. The summed E-state index contributed by atoms with van der Waals surface area (Å²) in [7, 11) is -2.16. The summed E-state index contributed by atoms with van der Waals surface area (Å²) in [5, 5.41) is 0. The van der Waals surface area contributed by atoms with Crippen molar-refractivity contribution < 1.29 is 8.42 Å². The Bertz CT molecular complexity index is 114. The maximum Gasteiger partial charge on any atom is 0.277 e. The van der Waals surface area contributed by atoms with Gasteiger partial charge in [0.25, 0.3) is 7.12 Å². The lowest BCUT2D eigenvalue weighted by Gasteiger charge is -1.85. The largest absolute Gasteiger partial charge is 0.277 e. The minimum absolute atomic E-state index is 0.979. The minimum atomic E-state index is -3.13. The highest BCUT2D eigenvalue weighted by molar-refractivity contribution is 8.10. The molecule has 0 fully saturated rings. The minimum Gasteiger partial charge on any atom is -0.259 e. The summed E-state index contributed by atoms with van der Waals surface area (Å²) >= 11 is 0. The van der Waals surface area contributed by atoms with E-state index in [9.17, 15) is 8.42 Å². The zero-order valence-electron chi connectivity index (χ0n) is 3.30. The number of nitrogens with two attached hydrogens (primary N) is 1. The van der Waals surface area contributed by atoms with Crippen LogP contribution in [0.5, 0.6) is 0 Å². The lowest BCUT2D eigenvalue weighted by atomic mass is 10.8.